The molecule has 3 atom stereocenters. The van der Waals surface area contributed by atoms with Crippen LogP contribution in [0.3, 0.4) is 0 Å². The molecule has 0 saturated carbocycles. The van der Waals surface area contributed by atoms with Gasteiger partial charge in [0.25, 0.3) is 0 Å². The smallest absolute Gasteiger partial charge is 0.411 e. The summed E-state index contributed by atoms with van der Waals surface area (Å²) in [6.07, 6.45) is 2.54. The molecule has 8 nitrogen and oxygen atoms in total. The zero-order chi connectivity index (χ0) is 25.6. The summed E-state index contributed by atoms with van der Waals surface area (Å²) in [6.45, 7) is 4.30. The molecule has 0 radical (unpaired) electrons. The second kappa shape index (κ2) is 11.4. The van der Waals surface area contributed by atoms with Gasteiger partial charge >= 0.3 is 6.09 Å². The molecule has 2 N–H and O–H groups in total. The van der Waals surface area contributed by atoms with E-state index < -0.39 is 12.4 Å². The number of hydrogen-bond acceptors (Lipinski definition) is 6. The third-order valence-corrected chi connectivity index (χ3v) is 6.30. The lowest BCUT2D eigenvalue weighted by Gasteiger charge is -2.36. The number of imidazole rings is 1. The summed E-state index contributed by atoms with van der Waals surface area (Å²) < 4.78 is 19.9. The van der Waals surface area contributed by atoms with Crippen molar-refractivity contribution in [2.75, 3.05) is 11.9 Å². The number of aliphatic hydroxyl groups excluding tert-OH is 1. The van der Waals surface area contributed by atoms with Gasteiger partial charge in [0.2, 0.25) is 0 Å². The SMILES string of the molecule is C=CCOC(=O)Nc1ccc(C2OC(Cn3cnc4ccccc43)CC(c3ccc(CO)cc3)O2)cc1. The van der Waals surface area contributed by atoms with Crippen molar-refractivity contribution in [3.05, 3.63) is 108 Å². The molecule has 1 aliphatic rings. The van der Waals surface area contributed by atoms with Crippen molar-refractivity contribution in [2.24, 2.45) is 0 Å². The first-order chi connectivity index (χ1) is 18.1. The average molecular weight is 500 g/mol. The lowest BCUT2D eigenvalue weighted by molar-refractivity contribution is -0.252. The molecule has 3 unspecified atom stereocenters. The monoisotopic (exact) mass is 499 g/mol. The Morgan fingerprint density at radius 1 is 1.08 bits per heavy atom. The first-order valence-corrected chi connectivity index (χ1v) is 12.2. The number of ether oxygens (including phenoxy) is 3. The number of hydrogen-bond donors (Lipinski definition) is 2. The minimum atomic E-state index is -0.599. The number of para-hydroxylation sites is 2. The molecule has 1 aromatic heterocycles. The highest BCUT2D eigenvalue weighted by molar-refractivity contribution is 5.84. The maximum Gasteiger partial charge on any atom is 0.411 e. The molecular weight excluding hydrogens is 470 g/mol. The van der Waals surface area contributed by atoms with Gasteiger partial charge in [-0.25, -0.2) is 9.78 Å². The van der Waals surface area contributed by atoms with Crippen molar-refractivity contribution >= 4 is 22.8 Å². The first kappa shape index (κ1) is 24.7. The summed E-state index contributed by atoms with van der Waals surface area (Å²) in [5, 5.41) is 12.1. The second-order valence-corrected chi connectivity index (χ2v) is 8.87. The number of benzene rings is 3. The Balaban J connectivity index is 1.36. The Bertz CT molecular complexity index is 1350. The number of carbonyl (C=O) groups is 1. The van der Waals surface area contributed by atoms with Gasteiger partial charge in [-0.15, -0.1) is 0 Å². The molecule has 1 saturated heterocycles. The summed E-state index contributed by atoms with van der Waals surface area (Å²) in [6, 6.07) is 23.1. The molecule has 0 bridgehead atoms. The van der Waals surface area contributed by atoms with Crippen molar-refractivity contribution in [3.8, 4) is 0 Å². The van der Waals surface area contributed by atoms with E-state index in [0.717, 1.165) is 27.7 Å². The minimum Gasteiger partial charge on any atom is -0.445 e. The van der Waals surface area contributed by atoms with E-state index in [9.17, 15) is 9.90 Å². The second-order valence-electron chi connectivity index (χ2n) is 8.87. The fourth-order valence-electron chi connectivity index (χ4n) is 4.42. The summed E-state index contributed by atoms with van der Waals surface area (Å²) in [5.41, 5.74) is 5.31. The van der Waals surface area contributed by atoms with Crippen LogP contribution in [0.4, 0.5) is 10.5 Å². The summed E-state index contributed by atoms with van der Waals surface area (Å²) >= 11 is 0. The van der Waals surface area contributed by atoms with Crippen LogP contribution in [-0.2, 0) is 27.4 Å². The van der Waals surface area contributed by atoms with Gasteiger partial charge in [-0.3, -0.25) is 5.32 Å². The predicted octanol–water partition coefficient (Wildman–Crippen LogP) is 5.51. The zero-order valence-corrected chi connectivity index (χ0v) is 20.3. The van der Waals surface area contributed by atoms with Crippen molar-refractivity contribution in [1.82, 2.24) is 9.55 Å². The van der Waals surface area contributed by atoms with Crippen LogP contribution in [0.1, 0.15) is 35.5 Å². The van der Waals surface area contributed by atoms with E-state index >= 15 is 0 Å². The highest BCUT2D eigenvalue weighted by Gasteiger charge is 2.32. The molecule has 190 valence electrons. The molecule has 5 rings (SSSR count). The number of nitrogens with one attached hydrogen (secondary N) is 1. The van der Waals surface area contributed by atoms with Gasteiger partial charge in [-0.2, -0.15) is 0 Å². The van der Waals surface area contributed by atoms with E-state index in [1.54, 1.807) is 12.1 Å². The molecule has 1 aliphatic heterocycles. The number of nitrogens with zero attached hydrogens (tertiary/aromatic N) is 2. The Morgan fingerprint density at radius 3 is 2.59 bits per heavy atom. The molecule has 0 aliphatic carbocycles. The van der Waals surface area contributed by atoms with Crippen molar-refractivity contribution < 1.29 is 24.1 Å². The van der Waals surface area contributed by atoms with E-state index in [4.69, 9.17) is 14.2 Å². The molecule has 0 spiro atoms. The number of fused-ring (bicyclic) bond motifs is 1. The number of rotatable bonds is 8. The van der Waals surface area contributed by atoms with Crippen molar-refractivity contribution in [1.29, 1.82) is 0 Å². The Kier molecular flexibility index (Phi) is 7.60. The normalized spacial score (nSPS) is 19.4. The van der Waals surface area contributed by atoms with Crippen LogP contribution in [0.25, 0.3) is 11.0 Å². The standard InChI is InChI=1S/C29H29N3O5/c1-2-15-35-29(34)31-23-13-11-22(12-14-23)28-36-24(17-32-19-30-25-5-3-4-6-26(25)32)16-27(37-28)21-9-7-20(18-33)8-10-21/h2-14,19,24,27-28,33H,1,15-18H2,(H,31,34). The van der Waals surface area contributed by atoms with E-state index in [0.29, 0.717) is 18.7 Å². The van der Waals surface area contributed by atoms with Crippen LogP contribution in [0.5, 0.6) is 0 Å². The highest BCUT2D eigenvalue weighted by atomic mass is 16.7. The van der Waals surface area contributed by atoms with Gasteiger partial charge in [0, 0.05) is 17.7 Å². The van der Waals surface area contributed by atoms with Gasteiger partial charge < -0.3 is 23.9 Å². The van der Waals surface area contributed by atoms with E-state index in [1.165, 1.54) is 6.08 Å². The molecule has 37 heavy (non-hydrogen) atoms. The fraction of sp³-hybridized carbons (Fsp3) is 0.241. The van der Waals surface area contributed by atoms with Gasteiger partial charge in [-0.1, -0.05) is 61.2 Å². The van der Waals surface area contributed by atoms with E-state index in [1.807, 2.05) is 60.9 Å². The topological polar surface area (TPSA) is 94.8 Å². The van der Waals surface area contributed by atoms with Crippen LogP contribution in [-0.4, -0.2) is 33.5 Å². The first-order valence-electron chi connectivity index (χ1n) is 12.2. The number of amides is 1. The summed E-state index contributed by atoms with van der Waals surface area (Å²) in [5.74, 6) is 0. The number of aliphatic hydroxyl groups is 1. The molecule has 1 amide bonds. The molecule has 3 aromatic carbocycles. The quantitative estimate of drug-likeness (QED) is 0.311. The molecule has 1 fully saturated rings. The van der Waals surface area contributed by atoms with Crippen LogP contribution in [0.2, 0.25) is 0 Å². The Morgan fingerprint density at radius 2 is 1.84 bits per heavy atom. The third kappa shape index (κ3) is 5.89. The lowest BCUT2D eigenvalue weighted by Crippen LogP contribution is -2.32. The molecular formula is C29H29N3O5. The van der Waals surface area contributed by atoms with Crippen LogP contribution in [0.15, 0.2) is 91.8 Å². The van der Waals surface area contributed by atoms with Crippen LogP contribution in [0, 0.1) is 0 Å². The number of carbonyl (C=O) groups excluding carboxylic acids is 1. The largest absolute Gasteiger partial charge is 0.445 e. The molecule has 2 heterocycles. The molecule has 4 aromatic rings. The highest BCUT2D eigenvalue weighted by Crippen LogP contribution is 2.38. The zero-order valence-electron chi connectivity index (χ0n) is 20.3. The van der Waals surface area contributed by atoms with E-state index in [2.05, 4.69) is 27.5 Å². The van der Waals surface area contributed by atoms with Crippen molar-refractivity contribution in [2.45, 2.75) is 38.1 Å². The van der Waals surface area contributed by atoms with E-state index in [-0.39, 0.29) is 25.4 Å². The van der Waals surface area contributed by atoms with Crippen molar-refractivity contribution in [3.63, 3.8) is 0 Å². The van der Waals surface area contributed by atoms with Gasteiger partial charge in [0.15, 0.2) is 6.29 Å². The Labute approximate surface area is 215 Å². The number of aromatic nitrogens is 2. The fourth-order valence-corrected chi connectivity index (χ4v) is 4.42. The van der Waals surface area contributed by atoms with Crippen LogP contribution < -0.4 is 5.32 Å². The molecule has 8 heteroatoms. The summed E-state index contributed by atoms with van der Waals surface area (Å²) in [4.78, 5) is 16.3. The van der Waals surface area contributed by atoms with Gasteiger partial charge in [0.1, 0.15) is 6.61 Å². The van der Waals surface area contributed by atoms with Crippen LogP contribution >= 0.6 is 0 Å². The minimum absolute atomic E-state index is 0.00458. The van der Waals surface area contributed by atoms with Gasteiger partial charge in [0.05, 0.1) is 42.7 Å². The lowest BCUT2D eigenvalue weighted by atomic mass is 10.00. The number of anilines is 1. The maximum atomic E-state index is 11.8. The van der Waals surface area contributed by atoms with Gasteiger partial charge in [-0.05, 0) is 35.4 Å². The average Bonchev–Trinajstić information content (AvgIpc) is 3.35. The third-order valence-electron chi connectivity index (χ3n) is 6.30. The Hall–Kier alpha value is -3.98. The predicted molar refractivity (Wildman–Crippen MR) is 140 cm³/mol. The summed E-state index contributed by atoms with van der Waals surface area (Å²) in [7, 11) is 0. The maximum absolute atomic E-state index is 11.8.